The standard InChI is InChI=1S/C6H15N3OS/c1-8-11(7,10)9-5-3-2-4-6-9/h2-6H2,1H3,(H2,7,8,10). The monoisotopic (exact) mass is 177 g/mol. The van der Waals surface area contributed by atoms with Crippen LogP contribution in [0, 0.1) is 0 Å². The predicted octanol–water partition coefficient (Wildman–Crippen LogP) is 0.359. The van der Waals surface area contributed by atoms with E-state index in [1.54, 1.807) is 4.31 Å². The van der Waals surface area contributed by atoms with Crippen LogP contribution in [-0.2, 0) is 10.1 Å². The molecule has 1 rings (SSSR count). The summed E-state index contributed by atoms with van der Waals surface area (Å²) in [4.78, 5) is 0. The van der Waals surface area contributed by atoms with Crippen LogP contribution in [0.4, 0.5) is 0 Å². The summed E-state index contributed by atoms with van der Waals surface area (Å²) in [5.41, 5.74) is 0. The van der Waals surface area contributed by atoms with Gasteiger partial charge >= 0.3 is 0 Å². The summed E-state index contributed by atoms with van der Waals surface area (Å²) >= 11 is 0. The third-order valence-electron chi connectivity index (χ3n) is 1.95. The first-order valence-corrected chi connectivity index (χ1v) is 5.38. The molecule has 0 aliphatic carbocycles. The molecular formula is C6H15N3OS. The smallest absolute Gasteiger partial charge is 0.172 e. The molecule has 1 atom stereocenters. The topological polar surface area (TPSA) is 58.7 Å². The van der Waals surface area contributed by atoms with Crippen LogP contribution < -0.4 is 5.14 Å². The lowest BCUT2D eigenvalue weighted by atomic mass is 10.2. The van der Waals surface area contributed by atoms with E-state index in [0.717, 1.165) is 25.9 Å². The highest BCUT2D eigenvalue weighted by Gasteiger charge is 2.17. The van der Waals surface area contributed by atoms with Crippen LogP contribution in [0.15, 0.2) is 4.36 Å². The van der Waals surface area contributed by atoms with E-state index in [-0.39, 0.29) is 0 Å². The van der Waals surface area contributed by atoms with Gasteiger partial charge in [-0.25, -0.2) is 18.0 Å². The lowest BCUT2D eigenvalue weighted by molar-refractivity contribution is 0.362. The van der Waals surface area contributed by atoms with Gasteiger partial charge in [0, 0.05) is 20.1 Å². The summed E-state index contributed by atoms with van der Waals surface area (Å²) < 4.78 is 16.9. The maximum Gasteiger partial charge on any atom is 0.172 e. The number of hydrogen-bond acceptors (Lipinski definition) is 2. The van der Waals surface area contributed by atoms with Crippen molar-refractivity contribution < 1.29 is 4.21 Å². The Balaban J connectivity index is 2.66. The van der Waals surface area contributed by atoms with Gasteiger partial charge in [-0.2, -0.15) is 0 Å². The molecule has 0 saturated carbocycles. The largest absolute Gasteiger partial charge is 0.232 e. The minimum absolute atomic E-state index is 0.826. The van der Waals surface area contributed by atoms with Crippen LogP contribution in [0.2, 0.25) is 0 Å². The van der Waals surface area contributed by atoms with Gasteiger partial charge in [0.15, 0.2) is 10.1 Å². The van der Waals surface area contributed by atoms with Gasteiger partial charge < -0.3 is 0 Å². The van der Waals surface area contributed by atoms with E-state index in [9.17, 15) is 4.21 Å². The molecule has 1 unspecified atom stereocenters. The number of nitrogens with two attached hydrogens (primary N) is 1. The predicted molar refractivity (Wildman–Crippen MR) is 46.1 cm³/mol. The van der Waals surface area contributed by atoms with Gasteiger partial charge in [0.1, 0.15) is 0 Å². The Bertz CT molecular complexity index is 226. The molecule has 4 nitrogen and oxygen atoms in total. The fourth-order valence-corrected chi connectivity index (χ4v) is 2.25. The fraction of sp³-hybridized carbons (Fsp3) is 1.00. The molecule has 1 fully saturated rings. The Morgan fingerprint density at radius 3 is 2.36 bits per heavy atom. The van der Waals surface area contributed by atoms with Crippen molar-refractivity contribution in [3.63, 3.8) is 0 Å². The maximum absolute atomic E-state index is 11.4. The van der Waals surface area contributed by atoms with Crippen LogP contribution in [0.1, 0.15) is 19.3 Å². The highest BCUT2D eigenvalue weighted by Crippen LogP contribution is 2.11. The van der Waals surface area contributed by atoms with E-state index >= 15 is 0 Å². The summed E-state index contributed by atoms with van der Waals surface area (Å²) in [5.74, 6) is 0. The van der Waals surface area contributed by atoms with Gasteiger partial charge in [-0.05, 0) is 12.8 Å². The second-order valence-corrected chi connectivity index (χ2v) is 4.67. The highest BCUT2D eigenvalue weighted by atomic mass is 32.2. The SMILES string of the molecule is CN=S(N)(=O)N1CCCCC1. The summed E-state index contributed by atoms with van der Waals surface area (Å²) in [6, 6.07) is 0. The van der Waals surface area contributed by atoms with Gasteiger partial charge in [0.25, 0.3) is 0 Å². The molecule has 0 amide bonds. The molecule has 1 aliphatic rings. The average molecular weight is 177 g/mol. The molecule has 0 spiro atoms. The van der Waals surface area contributed by atoms with Crippen molar-refractivity contribution in [2.24, 2.45) is 9.50 Å². The Kier molecular flexibility index (Phi) is 2.86. The van der Waals surface area contributed by atoms with Crippen molar-refractivity contribution in [3.8, 4) is 0 Å². The number of nitrogens with zero attached hydrogens (tertiary/aromatic N) is 2. The molecule has 0 aromatic rings. The zero-order valence-electron chi connectivity index (χ0n) is 6.82. The molecule has 11 heavy (non-hydrogen) atoms. The number of hydrogen-bond donors (Lipinski definition) is 1. The molecule has 1 heterocycles. The van der Waals surface area contributed by atoms with Crippen molar-refractivity contribution in [1.29, 1.82) is 0 Å². The van der Waals surface area contributed by atoms with Crippen molar-refractivity contribution in [1.82, 2.24) is 4.31 Å². The van der Waals surface area contributed by atoms with Crippen molar-refractivity contribution in [3.05, 3.63) is 0 Å². The van der Waals surface area contributed by atoms with Crippen LogP contribution in [0.5, 0.6) is 0 Å². The van der Waals surface area contributed by atoms with E-state index in [0.29, 0.717) is 0 Å². The van der Waals surface area contributed by atoms with E-state index in [1.807, 2.05) is 0 Å². The van der Waals surface area contributed by atoms with Gasteiger partial charge in [0.05, 0.1) is 0 Å². The molecule has 0 bridgehead atoms. The molecule has 2 N–H and O–H groups in total. The van der Waals surface area contributed by atoms with Crippen LogP contribution >= 0.6 is 0 Å². The Morgan fingerprint density at radius 2 is 1.91 bits per heavy atom. The van der Waals surface area contributed by atoms with E-state index < -0.39 is 10.1 Å². The second kappa shape index (κ2) is 3.51. The first kappa shape index (κ1) is 8.96. The summed E-state index contributed by atoms with van der Waals surface area (Å²) in [7, 11) is -1.00. The van der Waals surface area contributed by atoms with Gasteiger partial charge in [-0.3, -0.25) is 0 Å². The zero-order chi connectivity index (χ0) is 8.32. The highest BCUT2D eigenvalue weighted by molar-refractivity contribution is 7.89. The Labute approximate surface area is 68.2 Å². The molecule has 66 valence electrons. The molecule has 5 heteroatoms. The normalized spacial score (nSPS) is 26.0. The Morgan fingerprint density at radius 1 is 1.36 bits per heavy atom. The van der Waals surface area contributed by atoms with E-state index in [1.165, 1.54) is 13.5 Å². The number of rotatable bonds is 1. The molecule has 0 aromatic heterocycles. The van der Waals surface area contributed by atoms with E-state index in [4.69, 9.17) is 5.14 Å². The third-order valence-corrected chi connectivity index (χ3v) is 3.57. The molecule has 1 saturated heterocycles. The van der Waals surface area contributed by atoms with Crippen molar-refractivity contribution >= 4 is 10.1 Å². The minimum atomic E-state index is -2.51. The number of piperidine rings is 1. The van der Waals surface area contributed by atoms with Crippen LogP contribution in [0.3, 0.4) is 0 Å². The Hall–Kier alpha value is -0.130. The molecule has 0 aromatic carbocycles. The molecule has 1 aliphatic heterocycles. The van der Waals surface area contributed by atoms with Gasteiger partial charge in [-0.15, -0.1) is 0 Å². The third kappa shape index (κ3) is 2.15. The van der Waals surface area contributed by atoms with Gasteiger partial charge in [0.2, 0.25) is 0 Å². The first-order chi connectivity index (χ1) is 5.17. The van der Waals surface area contributed by atoms with Crippen LogP contribution in [-0.4, -0.2) is 28.7 Å². The summed E-state index contributed by atoms with van der Waals surface area (Å²) in [6.45, 7) is 1.65. The lowest BCUT2D eigenvalue weighted by Crippen LogP contribution is -2.39. The quantitative estimate of drug-likeness (QED) is 0.617. The van der Waals surface area contributed by atoms with Crippen molar-refractivity contribution in [2.75, 3.05) is 20.1 Å². The fourth-order valence-electron chi connectivity index (χ4n) is 1.24. The molecular weight excluding hydrogens is 162 g/mol. The van der Waals surface area contributed by atoms with E-state index in [2.05, 4.69) is 4.36 Å². The lowest BCUT2D eigenvalue weighted by Gasteiger charge is -2.26. The average Bonchev–Trinajstić information content (AvgIpc) is 2.06. The minimum Gasteiger partial charge on any atom is -0.232 e. The molecule has 0 radical (unpaired) electrons. The zero-order valence-corrected chi connectivity index (χ0v) is 7.64. The van der Waals surface area contributed by atoms with Crippen LogP contribution in [0.25, 0.3) is 0 Å². The summed E-state index contributed by atoms with van der Waals surface area (Å²) in [6.07, 6.45) is 3.39. The summed E-state index contributed by atoms with van der Waals surface area (Å²) in [5, 5.41) is 5.48. The first-order valence-electron chi connectivity index (χ1n) is 3.85. The van der Waals surface area contributed by atoms with Gasteiger partial charge in [-0.1, -0.05) is 6.42 Å². The maximum atomic E-state index is 11.4. The second-order valence-electron chi connectivity index (χ2n) is 2.71. The van der Waals surface area contributed by atoms with Crippen molar-refractivity contribution in [2.45, 2.75) is 19.3 Å².